The summed E-state index contributed by atoms with van der Waals surface area (Å²) in [4.78, 5) is 3.82. The minimum absolute atomic E-state index is 0.299. The van der Waals surface area contributed by atoms with Crippen LogP contribution in [0.1, 0.15) is 24.5 Å². The van der Waals surface area contributed by atoms with Gasteiger partial charge in [-0.15, -0.1) is 0 Å². The highest BCUT2D eigenvalue weighted by molar-refractivity contribution is 9.10. The molecule has 0 spiro atoms. The van der Waals surface area contributed by atoms with Crippen LogP contribution in [-0.4, -0.2) is 11.5 Å². The Kier molecular flexibility index (Phi) is 6.14. The van der Waals surface area contributed by atoms with E-state index in [9.17, 15) is 4.39 Å². The molecule has 0 unspecified atom stereocenters. The Morgan fingerprint density at radius 1 is 1.29 bits per heavy atom. The van der Waals surface area contributed by atoms with Crippen LogP contribution in [0.25, 0.3) is 0 Å². The summed E-state index contributed by atoms with van der Waals surface area (Å²) in [5.41, 5.74) is 1.78. The van der Waals surface area contributed by atoms with Crippen LogP contribution in [0.5, 0.6) is 5.75 Å². The lowest BCUT2D eigenvalue weighted by Crippen LogP contribution is -2.14. The average molecular weight is 353 g/mol. The lowest BCUT2D eigenvalue weighted by atomic mass is 10.2. The highest BCUT2D eigenvalue weighted by Gasteiger charge is 2.06. The van der Waals surface area contributed by atoms with Gasteiger partial charge in [0.15, 0.2) is 0 Å². The first-order valence-electron chi connectivity index (χ1n) is 6.90. The van der Waals surface area contributed by atoms with Gasteiger partial charge in [-0.05, 0) is 37.2 Å². The summed E-state index contributed by atoms with van der Waals surface area (Å²) in [6.45, 7) is 4.12. The summed E-state index contributed by atoms with van der Waals surface area (Å²) < 4.78 is 19.9. The van der Waals surface area contributed by atoms with Gasteiger partial charge in [0.2, 0.25) is 0 Å². The maximum absolute atomic E-state index is 13.1. The van der Waals surface area contributed by atoms with Gasteiger partial charge in [-0.2, -0.15) is 0 Å². The maximum atomic E-state index is 13.1. The van der Waals surface area contributed by atoms with Crippen molar-refractivity contribution in [2.75, 3.05) is 6.54 Å². The number of benzene rings is 1. The number of nitrogens with one attached hydrogen (secondary N) is 1. The Labute approximate surface area is 132 Å². The van der Waals surface area contributed by atoms with Crippen molar-refractivity contribution < 1.29 is 9.13 Å². The molecule has 1 aromatic heterocycles. The van der Waals surface area contributed by atoms with E-state index in [1.54, 1.807) is 6.20 Å². The summed E-state index contributed by atoms with van der Waals surface area (Å²) in [7, 11) is 0. The molecule has 0 aliphatic heterocycles. The minimum Gasteiger partial charge on any atom is -0.489 e. The van der Waals surface area contributed by atoms with E-state index < -0.39 is 0 Å². The van der Waals surface area contributed by atoms with Gasteiger partial charge >= 0.3 is 0 Å². The number of ether oxygens (including phenoxy) is 1. The Bertz CT molecular complexity index is 592. The molecule has 5 heteroatoms. The molecule has 0 fully saturated rings. The normalized spacial score (nSPS) is 10.6. The molecular formula is C16H18BrFN2O. The predicted molar refractivity (Wildman–Crippen MR) is 84.7 cm³/mol. The maximum Gasteiger partial charge on any atom is 0.141 e. The number of nitrogens with zero attached hydrogens (tertiary/aromatic N) is 1. The smallest absolute Gasteiger partial charge is 0.141 e. The van der Waals surface area contributed by atoms with Crippen molar-refractivity contribution >= 4 is 15.9 Å². The van der Waals surface area contributed by atoms with E-state index in [1.807, 2.05) is 18.2 Å². The Balaban J connectivity index is 2.04. The number of hydrogen-bond acceptors (Lipinski definition) is 3. The molecule has 0 bridgehead atoms. The van der Waals surface area contributed by atoms with E-state index in [0.717, 1.165) is 35.3 Å². The van der Waals surface area contributed by atoms with Crippen LogP contribution < -0.4 is 10.1 Å². The van der Waals surface area contributed by atoms with Crippen LogP contribution in [-0.2, 0) is 13.2 Å². The number of rotatable bonds is 7. The molecule has 0 aliphatic carbocycles. The lowest BCUT2D eigenvalue weighted by Gasteiger charge is -2.12. The van der Waals surface area contributed by atoms with Crippen LogP contribution in [0.3, 0.4) is 0 Å². The standard InChI is InChI=1S/C16H18BrFN2O/c1-2-5-19-9-13-7-14(17)3-4-16(13)21-11-12-6-15(18)10-20-8-12/h3-4,6-8,10,19H,2,5,9,11H2,1H3. The van der Waals surface area contributed by atoms with Crippen molar-refractivity contribution in [1.29, 1.82) is 0 Å². The highest BCUT2D eigenvalue weighted by atomic mass is 79.9. The Morgan fingerprint density at radius 2 is 2.14 bits per heavy atom. The van der Waals surface area contributed by atoms with E-state index >= 15 is 0 Å². The largest absolute Gasteiger partial charge is 0.489 e. The van der Waals surface area contributed by atoms with E-state index in [2.05, 4.69) is 33.2 Å². The molecule has 0 saturated carbocycles. The number of halogens is 2. The van der Waals surface area contributed by atoms with Crippen LogP contribution in [0.4, 0.5) is 4.39 Å². The molecule has 0 atom stereocenters. The molecule has 0 radical (unpaired) electrons. The number of aromatic nitrogens is 1. The molecule has 2 aromatic rings. The monoisotopic (exact) mass is 352 g/mol. The molecule has 0 aliphatic rings. The third-order valence-corrected chi connectivity index (χ3v) is 3.41. The molecule has 112 valence electrons. The van der Waals surface area contributed by atoms with Gasteiger partial charge in [-0.1, -0.05) is 22.9 Å². The summed E-state index contributed by atoms with van der Waals surface area (Å²) in [5, 5.41) is 3.35. The summed E-state index contributed by atoms with van der Waals surface area (Å²) in [5.74, 6) is 0.447. The Hall–Kier alpha value is -1.46. The van der Waals surface area contributed by atoms with Crippen molar-refractivity contribution in [2.45, 2.75) is 26.5 Å². The van der Waals surface area contributed by atoms with Gasteiger partial charge < -0.3 is 10.1 Å². The lowest BCUT2D eigenvalue weighted by molar-refractivity contribution is 0.301. The van der Waals surface area contributed by atoms with Crippen molar-refractivity contribution in [1.82, 2.24) is 10.3 Å². The first-order chi connectivity index (χ1) is 10.2. The number of hydrogen-bond donors (Lipinski definition) is 1. The molecule has 21 heavy (non-hydrogen) atoms. The van der Waals surface area contributed by atoms with Gasteiger partial charge in [0.1, 0.15) is 18.2 Å². The van der Waals surface area contributed by atoms with Gasteiger partial charge in [0, 0.05) is 28.3 Å². The van der Waals surface area contributed by atoms with E-state index in [4.69, 9.17) is 4.74 Å². The van der Waals surface area contributed by atoms with Gasteiger partial charge in [0.05, 0.1) is 6.20 Å². The third kappa shape index (κ3) is 5.10. The van der Waals surface area contributed by atoms with Crippen LogP contribution >= 0.6 is 15.9 Å². The second-order valence-electron chi connectivity index (χ2n) is 4.73. The van der Waals surface area contributed by atoms with Crippen LogP contribution in [0, 0.1) is 5.82 Å². The van der Waals surface area contributed by atoms with Crippen LogP contribution in [0.15, 0.2) is 41.1 Å². The molecule has 1 aromatic carbocycles. The molecule has 3 nitrogen and oxygen atoms in total. The molecule has 1 N–H and O–H groups in total. The SMILES string of the molecule is CCCNCc1cc(Br)ccc1OCc1cncc(F)c1. The average Bonchev–Trinajstić information content (AvgIpc) is 2.47. The molecule has 2 rings (SSSR count). The summed E-state index contributed by atoms with van der Waals surface area (Å²) in [6, 6.07) is 7.31. The second-order valence-corrected chi connectivity index (χ2v) is 5.64. The van der Waals surface area contributed by atoms with E-state index in [-0.39, 0.29) is 5.82 Å². The first kappa shape index (κ1) is 15.9. The Morgan fingerprint density at radius 3 is 2.90 bits per heavy atom. The molecule has 1 heterocycles. The van der Waals surface area contributed by atoms with E-state index in [1.165, 1.54) is 12.3 Å². The molecule has 0 saturated heterocycles. The molecule has 0 amide bonds. The zero-order chi connectivity index (χ0) is 15.1. The van der Waals surface area contributed by atoms with Crippen molar-refractivity contribution in [2.24, 2.45) is 0 Å². The van der Waals surface area contributed by atoms with E-state index in [0.29, 0.717) is 12.2 Å². The summed E-state index contributed by atoms with van der Waals surface area (Å²) in [6.07, 6.45) is 3.87. The van der Waals surface area contributed by atoms with Gasteiger partial charge in [-0.25, -0.2) is 4.39 Å². The van der Waals surface area contributed by atoms with Gasteiger partial charge in [-0.3, -0.25) is 4.98 Å². The summed E-state index contributed by atoms with van der Waals surface area (Å²) >= 11 is 3.47. The molecular weight excluding hydrogens is 335 g/mol. The zero-order valence-corrected chi connectivity index (χ0v) is 13.5. The third-order valence-electron chi connectivity index (χ3n) is 2.92. The second kappa shape index (κ2) is 8.10. The van der Waals surface area contributed by atoms with Crippen molar-refractivity contribution in [3.8, 4) is 5.75 Å². The van der Waals surface area contributed by atoms with Crippen molar-refractivity contribution in [3.05, 3.63) is 58.1 Å². The quantitative estimate of drug-likeness (QED) is 0.763. The zero-order valence-electron chi connectivity index (χ0n) is 11.9. The number of pyridine rings is 1. The topological polar surface area (TPSA) is 34.1 Å². The fourth-order valence-corrected chi connectivity index (χ4v) is 2.33. The first-order valence-corrected chi connectivity index (χ1v) is 7.69. The van der Waals surface area contributed by atoms with Crippen molar-refractivity contribution in [3.63, 3.8) is 0 Å². The minimum atomic E-state index is -0.350. The van der Waals surface area contributed by atoms with Gasteiger partial charge in [0.25, 0.3) is 0 Å². The predicted octanol–water partition coefficient (Wildman–Crippen LogP) is 4.06. The fraction of sp³-hybridized carbons (Fsp3) is 0.312. The highest BCUT2D eigenvalue weighted by Crippen LogP contribution is 2.24. The van der Waals surface area contributed by atoms with Crippen LogP contribution in [0.2, 0.25) is 0 Å². The fourth-order valence-electron chi connectivity index (χ4n) is 1.92.